The molecule has 3 aromatic rings. The average Bonchev–Trinajstić information content (AvgIpc) is 3.65. The molecule has 0 unspecified atom stereocenters. The zero-order valence-electron chi connectivity index (χ0n) is 19.6. The number of hydrogen-bond donors (Lipinski definition) is 2. The Balaban J connectivity index is 1.45. The van der Waals surface area contributed by atoms with E-state index in [1.807, 2.05) is 18.2 Å². The maximum Gasteiger partial charge on any atom is 0.274 e. The van der Waals surface area contributed by atoms with Gasteiger partial charge in [0.05, 0.1) is 42.5 Å². The number of morpholine rings is 2. The number of amides is 1. The first kappa shape index (κ1) is 22.1. The number of pyridine rings is 1. The van der Waals surface area contributed by atoms with Gasteiger partial charge in [0, 0.05) is 30.8 Å². The summed E-state index contributed by atoms with van der Waals surface area (Å²) < 4.78 is 11.7. The summed E-state index contributed by atoms with van der Waals surface area (Å²) in [6.45, 7) is 6.37. The van der Waals surface area contributed by atoms with Crippen molar-refractivity contribution in [3.8, 4) is 11.3 Å². The molecule has 1 saturated carbocycles. The molecule has 35 heavy (non-hydrogen) atoms. The average molecular weight is 477 g/mol. The first-order valence-corrected chi connectivity index (χ1v) is 12.0. The minimum absolute atomic E-state index is 0.0496. The lowest BCUT2D eigenvalue weighted by Crippen LogP contribution is -2.46. The zero-order valence-corrected chi connectivity index (χ0v) is 19.6. The molecule has 182 valence electrons. The van der Waals surface area contributed by atoms with Crippen LogP contribution in [0, 0.1) is 0 Å². The predicted molar refractivity (Wildman–Crippen MR) is 130 cm³/mol. The number of hydroxylamine groups is 1. The second-order valence-electron chi connectivity index (χ2n) is 9.51. The van der Waals surface area contributed by atoms with E-state index in [0.717, 1.165) is 49.2 Å². The topological polar surface area (TPSA) is 113 Å². The van der Waals surface area contributed by atoms with E-state index in [-0.39, 0.29) is 11.6 Å². The van der Waals surface area contributed by atoms with Crippen LogP contribution in [-0.4, -0.2) is 77.2 Å². The standard InChI is InChI=1S/C25H28N6O4/c1-16-14-34-11-10-31(16)22-19-5-6-20(17-3-2-4-18(13-17)23(32)29-33)26-21(19)27-24(28-22)30-9-12-35-25(15-30)7-8-25/h2-6,13,16,33H,7-12,14-15H2,1H3,(H,29,32)/t16-/m0/s1. The number of anilines is 2. The molecule has 1 spiro atoms. The van der Waals surface area contributed by atoms with Crippen LogP contribution in [0.15, 0.2) is 36.4 Å². The van der Waals surface area contributed by atoms with Crippen molar-refractivity contribution in [3.63, 3.8) is 0 Å². The third-order valence-electron chi connectivity index (χ3n) is 7.03. The fourth-order valence-electron chi connectivity index (χ4n) is 4.89. The number of rotatable bonds is 4. The van der Waals surface area contributed by atoms with Crippen LogP contribution in [0.4, 0.5) is 11.8 Å². The van der Waals surface area contributed by atoms with E-state index in [1.54, 1.807) is 23.7 Å². The molecule has 2 saturated heterocycles. The van der Waals surface area contributed by atoms with Crippen molar-refractivity contribution in [2.75, 3.05) is 49.3 Å². The monoisotopic (exact) mass is 476 g/mol. The molecule has 1 aromatic carbocycles. The molecule has 0 radical (unpaired) electrons. The molecule has 4 heterocycles. The Morgan fingerprint density at radius 2 is 2.03 bits per heavy atom. The molecule has 0 bridgehead atoms. The van der Waals surface area contributed by atoms with Crippen LogP contribution in [0.25, 0.3) is 22.3 Å². The Morgan fingerprint density at radius 3 is 2.83 bits per heavy atom. The minimum Gasteiger partial charge on any atom is -0.377 e. The van der Waals surface area contributed by atoms with Crippen LogP contribution in [0.1, 0.15) is 30.1 Å². The second-order valence-corrected chi connectivity index (χ2v) is 9.51. The molecule has 10 nitrogen and oxygen atoms in total. The molecule has 10 heteroatoms. The number of carbonyl (C=O) groups is 1. The summed E-state index contributed by atoms with van der Waals surface area (Å²) in [5.74, 6) is 0.964. The Kier molecular flexibility index (Phi) is 5.51. The first-order chi connectivity index (χ1) is 17.0. The highest BCUT2D eigenvalue weighted by molar-refractivity contribution is 5.95. The van der Waals surface area contributed by atoms with E-state index >= 15 is 0 Å². The quantitative estimate of drug-likeness (QED) is 0.433. The van der Waals surface area contributed by atoms with Gasteiger partial charge in [-0.25, -0.2) is 10.5 Å². The number of nitrogens with one attached hydrogen (secondary N) is 1. The van der Waals surface area contributed by atoms with E-state index in [2.05, 4.69) is 16.7 Å². The van der Waals surface area contributed by atoms with Gasteiger partial charge in [0.2, 0.25) is 5.95 Å². The largest absolute Gasteiger partial charge is 0.377 e. The first-order valence-electron chi connectivity index (χ1n) is 12.0. The van der Waals surface area contributed by atoms with Crippen LogP contribution < -0.4 is 15.3 Å². The van der Waals surface area contributed by atoms with Gasteiger partial charge in [0.25, 0.3) is 5.91 Å². The molecule has 2 aliphatic heterocycles. The summed E-state index contributed by atoms with van der Waals surface area (Å²) >= 11 is 0. The fourth-order valence-corrected chi connectivity index (χ4v) is 4.89. The number of benzene rings is 1. The maximum atomic E-state index is 11.9. The minimum atomic E-state index is -0.567. The summed E-state index contributed by atoms with van der Waals surface area (Å²) in [6.07, 6.45) is 2.15. The van der Waals surface area contributed by atoms with Gasteiger partial charge in [0.15, 0.2) is 5.65 Å². The molecule has 1 amide bonds. The lowest BCUT2D eigenvalue weighted by molar-refractivity contribution is 0.0201. The highest BCUT2D eigenvalue weighted by atomic mass is 16.5. The molecule has 2 aromatic heterocycles. The highest BCUT2D eigenvalue weighted by Crippen LogP contribution is 2.43. The molecule has 3 aliphatic rings. The Morgan fingerprint density at radius 1 is 1.14 bits per heavy atom. The summed E-state index contributed by atoms with van der Waals surface area (Å²) in [5, 5.41) is 9.88. The number of nitrogens with zero attached hydrogens (tertiary/aromatic N) is 5. The molecular weight excluding hydrogens is 448 g/mol. The molecule has 6 rings (SSSR count). The van der Waals surface area contributed by atoms with Crippen molar-refractivity contribution >= 4 is 28.7 Å². The molecule has 2 N–H and O–H groups in total. The lowest BCUT2D eigenvalue weighted by Gasteiger charge is -2.36. The van der Waals surface area contributed by atoms with E-state index in [1.165, 1.54) is 0 Å². The molecule has 1 atom stereocenters. The highest BCUT2D eigenvalue weighted by Gasteiger charge is 2.48. The van der Waals surface area contributed by atoms with Gasteiger partial charge in [-0.3, -0.25) is 10.0 Å². The van der Waals surface area contributed by atoms with E-state index < -0.39 is 5.91 Å². The Labute approximate surface area is 202 Å². The third kappa shape index (κ3) is 4.18. The summed E-state index contributed by atoms with van der Waals surface area (Å²) in [5.41, 5.74) is 4.04. The van der Waals surface area contributed by atoms with E-state index in [4.69, 9.17) is 29.6 Å². The van der Waals surface area contributed by atoms with Crippen molar-refractivity contribution in [2.24, 2.45) is 0 Å². The zero-order chi connectivity index (χ0) is 24.0. The van der Waals surface area contributed by atoms with Crippen molar-refractivity contribution in [1.29, 1.82) is 0 Å². The molecule has 1 aliphatic carbocycles. The van der Waals surface area contributed by atoms with Crippen molar-refractivity contribution in [3.05, 3.63) is 42.0 Å². The number of fused-ring (bicyclic) bond motifs is 1. The van der Waals surface area contributed by atoms with E-state index in [9.17, 15) is 4.79 Å². The number of aromatic nitrogens is 3. The van der Waals surface area contributed by atoms with Crippen LogP contribution >= 0.6 is 0 Å². The Hall–Kier alpha value is -3.34. The van der Waals surface area contributed by atoms with Crippen LogP contribution in [0.3, 0.4) is 0 Å². The van der Waals surface area contributed by atoms with Crippen molar-refractivity contribution in [2.45, 2.75) is 31.4 Å². The normalized spacial score (nSPS) is 21.4. The van der Waals surface area contributed by atoms with Crippen LogP contribution in [0.5, 0.6) is 0 Å². The summed E-state index contributed by atoms with van der Waals surface area (Å²) in [7, 11) is 0. The van der Waals surface area contributed by atoms with Gasteiger partial charge < -0.3 is 19.3 Å². The maximum absolute atomic E-state index is 11.9. The van der Waals surface area contributed by atoms with Crippen molar-refractivity contribution in [1.82, 2.24) is 20.4 Å². The smallest absolute Gasteiger partial charge is 0.274 e. The van der Waals surface area contributed by atoms with Gasteiger partial charge in [0.1, 0.15) is 5.82 Å². The SMILES string of the molecule is C[C@H]1COCCN1c1nc(N2CCOC3(CC3)C2)nc2nc(-c3cccc(C(=O)NO)c3)ccc12. The van der Waals surface area contributed by atoms with Gasteiger partial charge in [-0.15, -0.1) is 0 Å². The van der Waals surface area contributed by atoms with Gasteiger partial charge in [-0.2, -0.15) is 9.97 Å². The second kappa shape index (κ2) is 8.71. The van der Waals surface area contributed by atoms with Gasteiger partial charge >= 0.3 is 0 Å². The van der Waals surface area contributed by atoms with E-state index in [0.29, 0.717) is 42.7 Å². The predicted octanol–water partition coefficient (Wildman–Crippen LogP) is 2.41. The third-order valence-corrected chi connectivity index (χ3v) is 7.03. The number of ether oxygens (including phenoxy) is 2. The molecule has 3 fully saturated rings. The molecular formula is C25H28N6O4. The summed E-state index contributed by atoms with van der Waals surface area (Å²) in [4.78, 5) is 31.2. The van der Waals surface area contributed by atoms with Crippen LogP contribution in [0.2, 0.25) is 0 Å². The fraction of sp³-hybridized carbons (Fsp3) is 0.440. The lowest BCUT2D eigenvalue weighted by atomic mass is 10.1. The summed E-state index contributed by atoms with van der Waals surface area (Å²) in [6, 6.07) is 11.1. The number of carbonyl (C=O) groups excluding carboxylic acids is 1. The van der Waals surface area contributed by atoms with Gasteiger partial charge in [-0.05, 0) is 44.0 Å². The Bertz CT molecular complexity index is 1280. The van der Waals surface area contributed by atoms with Crippen molar-refractivity contribution < 1.29 is 19.5 Å². The van der Waals surface area contributed by atoms with Gasteiger partial charge in [-0.1, -0.05) is 12.1 Å². The van der Waals surface area contributed by atoms with Crippen LogP contribution in [-0.2, 0) is 9.47 Å². The number of hydrogen-bond acceptors (Lipinski definition) is 9.